The lowest BCUT2D eigenvalue weighted by atomic mass is 10.3. The number of rotatable bonds is 3. The van der Waals surface area contributed by atoms with Crippen molar-refractivity contribution in [3.8, 4) is 5.75 Å². The predicted octanol–water partition coefficient (Wildman–Crippen LogP) is 1.84. The van der Waals surface area contributed by atoms with E-state index in [2.05, 4.69) is 4.98 Å². The van der Waals surface area contributed by atoms with Gasteiger partial charge >= 0.3 is 0 Å². The van der Waals surface area contributed by atoms with E-state index in [1.54, 1.807) is 6.92 Å². The Balaban J connectivity index is 2.24. The van der Waals surface area contributed by atoms with E-state index in [9.17, 15) is 10.1 Å². The molecule has 1 aromatic heterocycles. The van der Waals surface area contributed by atoms with Crippen molar-refractivity contribution in [3.63, 3.8) is 0 Å². The molecule has 0 aliphatic heterocycles. The Hall–Kier alpha value is -1.65. The lowest BCUT2D eigenvalue weighted by molar-refractivity contribution is -0.385. The molecule has 0 unspecified atom stereocenters. The van der Waals surface area contributed by atoms with E-state index in [-0.39, 0.29) is 11.8 Å². The Morgan fingerprint density at radius 2 is 2.36 bits per heavy atom. The van der Waals surface area contributed by atoms with Gasteiger partial charge in [-0.1, -0.05) is 0 Å². The first kappa shape index (κ1) is 8.93. The second-order valence-corrected chi connectivity index (χ2v) is 3.35. The first-order chi connectivity index (χ1) is 6.66. The number of aryl methyl sites for hydroxylation is 1. The van der Waals surface area contributed by atoms with Crippen molar-refractivity contribution in [3.05, 3.63) is 28.1 Å². The van der Waals surface area contributed by atoms with Crippen LogP contribution < -0.4 is 4.74 Å². The number of nitrogens with zero attached hydrogens (tertiary/aromatic N) is 2. The Morgan fingerprint density at radius 1 is 1.64 bits per heavy atom. The minimum absolute atomic E-state index is 0.0168. The first-order valence-electron chi connectivity index (χ1n) is 4.44. The van der Waals surface area contributed by atoms with Crippen LogP contribution in [0.1, 0.15) is 18.5 Å². The summed E-state index contributed by atoms with van der Waals surface area (Å²) in [5, 5.41) is 10.6. The van der Waals surface area contributed by atoms with Crippen molar-refractivity contribution in [2.24, 2.45) is 0 Å². The maximum Gasteiger partial charge on any atom is 0.294 e. The highest BCUT2D eigenvalue weighted by molar-refractivity contribution is 5.40. The lowest BCUT2D eigenvalue weighted by Gasteiger charge is -2.03. The number of hydrogen-bond acceptors (Lipinski definition) is 4. The molecular formula is C9H10N2O3. The molecule has 1 aliphatic carbocycles. The van der Waals surface area contributed by atoms with Gasteiger partial charge in [0, 0.05) is 0 Å². The first-order valence-corrected chi connectivity index (χ1v) is 4.44. The van der Waals surface area contributed by atoms with Gasteiger partial charge in [0.25, 0.3) is 5.69 Å². The zero-order chi connectivity index (χ0) is 10.1. The Morgan fingerprint density at radius 3 is 2.93 bits per heavy atom. The summed E-state index contributed by atoms with van der Waals surface area (Å²) in [5.74, 6) is 0.491. The normalized spacial score (nSPS) is 15.2. The van der Waals surface area contributed by atoms with E-state index >= 15 is 0 Å². The summed E-state index contributed by atoms with van der Waals surface area (Å²) in [6, 6.07) is 1.43. The molecule has 1 aliphatic rings. The van der Waals surface area contributed by atoms with Gasteiger partial charge in [0.15, 0.2) is 0 Å². The fourth-order valence-electron chi connectivity index (χ4n) is 1.13. The molecule has 0 atom stereocenters. The molecule has 0 spiro atoms. The van der Waals surface area contributed by atoms with Gasteiger partial charge in [-0.25, -0.2) is 0 Å². The van der Waals surface area contributed by atoms with Crippen LogP contribution in [0.2, 0.25) is 0 Å². The molecule has 2 rings (SSSR count). The molecule has 74 valence electrons. The molecule has 0 aromatic carbocycles. The van der Waals surface area contributed by atoms with Crippen LogP contribution >= 0.6 is 0 Å². The molecule has 1 fully saturated rings. The molecule has 1 heterocycles. The average Bonchev–Trinajstić information content (AvgIpc) is 2.92. The van der Waals surface area contributed by atoms with E-state index in [1.165, 1.54) is 12.3 Å². The predicted molar refractivity (Wildman–Crippen MR) is 49.3 cm³/mol. The Kier molecular flexibility index (Phi) is 2.07. The third-order valence-electron chi connectivity index (χ3n) is 2.06. The summed E-state index contributed by atoms with van der Waals surface area (Å²) >= 11 is 0. The van der Waals surface area contributed by atoms with Gasteiger partial charge in [-0.15, -0.1) is 0 Å². The van der Waals surface area contributed by atoms with Crippen molar-refractivity contribution in [1.82, 2.24) is 4.98 Å². The third-order valence-corrected chi connectivity index (χ3v) is 2.06. The van der Waals surface area contributed by atoms with Crippen molar-refractivity contribution < 1.29 is 9.66 Å². The van der Waals surface area contributed by atoms with Crippen molar-refractivity contribution in [2.45, 2.75) is 25.9 Å². The zero-order valence-corrected chi connectivity index (χ0v) is 7.77. The van der Waals surface area contributed by atoms with E-state index in [1.807, 2.05) is 0 Å². The van der Waals surface area contributed by atoms with Crippen LogP contribution in [-0.4, -0.2) is 16.0 Å². The largest absolute Gasteiger partial charge is 0.489 e. The molecule has 14 heavy (non-hydrogen) atoms. The maximum atomic E-state index is 10.6. The van der Waals surface area contributed by atoms with E-state index < -0.39 is 4.92 Å². The maximum absolute atomic E-state index is 10.6. The fraction of sp³-hybridized carbons (Fsp3) is 0.444. The van der Waals surface area contributed by atoms with Gasteiger partial charge in [-0.2, -0.15) is 0 Å². The van der Waals surface area contributed by atoms with Crippen molar-refractivity contribution in [2.75, 3.05) is 0 Å². The number of aromatic nitrogens is 1. The van der Waals surface area contributed by atoms with E-state index in [0.29, 0.717) is 11.4 Å². The summed E-state index contributed by atoms with van der Waals surface area (Å²) in [6.45, 7) is 1.61. The lowest BCUT2D eigenvalue weighted by Crippen LogP contribution is -1.99. The Bertz CT molecular complexity index is 374. The van der Waals surface area contributed by atoms with Crippen LogP contribution in [0.4, 0.5) is 5.69 Å². The number of hydrogen-bond donors (Lipinski definition) is 0. The topological polar surface area (TPSA) is 65.3 Å². The molecule has 0 amide bonds. The SMILES string of the molecule is Cc1ncc(OC2CC2)cc1[N+](=O)[O-]. The van der Waals surface area contributed by atoms with Crippen molar-refractivity contribution in [1.29, 1.82) is 0 Å². The molecule has 5 heteroatoms. The highest BCUT2D eigenvalue weighted by Gasteiger charge is 2.24. The van der Waals surface area contributed by atoms with Gasteiger partial charge in [0.2, 0.25) is 0 Å². The standard InChI is InChI=1S/C9H10N2O3/c1-6-9(11(12)13)4-8(5-10-6)14-7-2-3-7/h4-5,7H,2-3H2,1H3. The summed E-state index contributed by atoms with van der Waals surface area (Å²) in [4.78, 5) is 14.1. The summed E-state index contributed by atoms with van der Waals surface area (Å²) in [6.07, 6.45) is 3.82. The highest BCUT2D eigenvalue weighted by atomic mass is 16.6. The third kappa shape index (κ3) is 1.81. The fourth-order valence-corrected chi connectivity index (χ4v) is 1.13. The van der Waals surface area contributed by atoms with Crippen LogP contribution in [0, 0.1) is 17.0 Å². The molecule has 0 saturated heterocycles. The van der Waals surface area contributed by atoms with Gasteiger partial charge in [0.1, 0.15) is 11.4 Å². The van der Waals surface area contributed by atoms with Crippen LogP contribution in [0.15, 0.2) is 12.3 Å². The number of pyridine rings is 1. The molecule has 0 bridgehead atoms. The summed E-state index contributed by atoms with van der Waals surface area (Å²) in [7, 11) is 0. The number of ether oxygens (including phenoxy) is 1. The van der Waals surface area contributed by atoms with Crippen LogP contribution in [0.5, 0.6) is 5.75 Å². The van der Waals surface area contributed by atoms with E-state index in [0.717, 1.165) is 12.8 Å². The second-order valence-electron chi connectivity index (χ2n) is 3.35. The monoisotopic (exact) mass is 194 g/mol. The second kappa shape index (κ2) is 3.25. The van der Waals surface area contributed by atoms with Gasteiger partial charge in [0.05, 0.1) is 23.3 Å². The zero-order valence-electron chi connectivity index (χ0n) is 7.77. The highest BCUT2D eigenvalue weighted by Crippen LogP contribution is 2.29. The minimum atomic E-state index is -0.442. The van der Waals surface area contributed by atoms with Gasteiger partial charge < -0.3 is 4.74 Å². The van der Waals surface area contributed by atoms with E-state index in [4.69, 9.17) is 4.74 Å². The molecule has 5 nitrogen and oxygen atoms in total. The molecule has 1 saturated carbocycles. The van der Waals surface area contributed by atoms with Crippen LogP contribution in [0.25, 0.3) is 0 Å². The summed E-state index contributed by atoms with van der Waals surface area (Å²) < 4.78 is 5.40. The molecule has 1 aromatic rings. The van der Waals surface area contributed by atoms with Gasteiger partial charge in [-0.05, 0) is 19.8 Å². The molecule has 0 radical (unpaired) electrons. The smallest absolute Gasteiger partial charge is 0.294 e. The van der Waals surface area contributed by atoms with Gasteiger partial charge in [-0.3, -0.25) is 15.1 Å². The Labute approximate surface area is 80.9 Å². The van der Waals surface area contributed by atoms with Crippen LogP contribution in [-0.2, 0) is 0 Å². The minimum Gasteiger partial charge on any atom is -0.489 e. The summed E-state index contributed by atoms with van der Waals surface area (Å²) in [5.41, 5.74) is 0.432. The van der Waals surface area contributed by atoms with Crippen LogP contribution in [0.3, 0.4) is 0 Å². The molecule has 0 N–H and O–H groups in total. The molecular weight excluding hydrogens is 184 g/mol. The average molecular weight is 194 g/mol. The quantitative estimate of drug-likeness (QED) is 0.544. The van der Waals surface area contributed by atoms with Crippen molar-refractivity contribution >= 4 is 5.69 Å². The number of nitro groups is 1.